The maximum atomic E-state index is 13.2. The molecule has 0 unspecified atom stereocenters. The van der Waals surface area contributed by atoms with E-state index in [1.54, 1.807) is 25.4 Å². The van der Waals surface area contributed by atoms with E-state index in [1.165, 1.54) is 11.3 Å². The molecule has 212 valence electrons. The number of carbonyl (C=O) groups excluding carboxylic acids is 1. The number of hydrogen-bond donors (Lipinski definition) is 3. The molecule has 12 heteroatoms. The lowest BCUT2D eigenvalue weighted by atomic mass is 9.86. The molecule has 10 nitrogen and oxygen atoms in total. The van der Waals surface area contributed by atoms with Crippen molar-refractivity contribution in [3.05, 3.63) is 41.7 Å². The summed E-state index contributed by atoms with van der Waals surface area (Å²) in [6.07, 6.45) is 6.46. The number of anilines is 2. The number of nitrogens with zero attached hydrogens (tertiary/aromatic N) is 3. The van der Waals surface area contributed by atoms with Gasteiger partial charge in [0.15, 0.2) is 0 Å². The zero-order valence-electron chi connectivity index (χ0n) is 23.1. The molecule has 4 rings (SSSR count). The van der Waals surface area contributed by atoms with Gasteiger partial charge >= 0.3 is 6.09 Å². The van der Waals surface area contributed by atoms with Gasteiger partial charge in [-0.25, -0.2) is 27.6 Å². The highest BCUT2D eigenvalue weighted by molar-refractivity contribution is 7.89. The summed E-state index contributed by atoms with van der Waals surface area (Å²) in [5, 5.41) is 11.6. The first-order valence-corrected chi connectivity index (χ1v) is 15.7. The van der Waals surface area contributed by atoms with Crippen molar-refractivity contribution in [3.63, 3.8) is 0 Å². The van der Waals surface area contributed by atoms with Crippen LogP contribution in [0.2, 0.25) is 0 Å². The van der Waals surface area contributed by atoms with Crippen LogP contribution in [0.5, 0.6) is 0 Å². The number of sulfonamides is 1. The van der Waals surface area contributed by atoms with Crippen LogP contribution in [0.3, 0.4) is 0 Å². The zero-order chi connectivity index (χ0) is 28.2. The average Bonchev–Trinajstić information content (AvgIpc) is 3.54. The van der Waals surface area contributed by atoms with Crippen molar-refractivity contribution in [1.82, 2.24) is 24.8 Å². The summed E-state index contributed by atoms with van der Waals surface area (Å²) in [6.45, 7) is 9.78. The van der Waals surface area contributed by atoms with Crippen LogP contribution >= 0.6 is 11.3 Å². The summed E-state index contributed by atoms with van der Waals surface area (Å²) in [5.41, 5.74) is 1.28. The standard InChI is InChI=1S/C27H38N6O4S2/c1-6-30-39(35,36)24-15-21(31-25-13-14-29-33(25)17(2)3)11-12-22(24)23-16-28-26(38-23)19-7-9-20(10-8-19)32-27(34)37-18(4)5/h11-20,30-31H,6-10H2,1-5H3,(H,32,34). The highest BCUT2D eigenvalue weighted by Crippen LogP contribution is 2.40. The molecule has 0 bridgehead atoms. The van der Waals surface area contributed by atoms with E-state index in [0.29, 0.717) is 11.3 Å². The minimum Gasteiger partial charge on any atom is -0.447 e. The predicted molar refractivity (Wildman–Crippen MR) is 154 cm³/mol. The number of carbonyl (C=O) groups is 1. The number of nitrogens with one attached hydrogen (secondary N) is 3. The number of amides is 1. The number of thiazole rings is 1. The second kappa shape index (κ2) is 12.5. The third-order valence-corrected chi connectivity index (χ3v) is 9.35. The Labute approximate surface area is 234 Å². The van der Waals surface area contributed by atoms with E-state index in [9.17, 15) is 13.2 Å². The Morgan fingerprint density at radius 2 is 1.90 bits per heavy atom. The third kappa shape index (κ3) is 7.17. The Bertz CT molecular complexity index is 1370. The van der Waals surface area contributed by atoms with Gasteiger partial charge in [-0.15, -0.1) is 11.3 Å². The second-order valence-electron chi connectivity index (χ2n) is 10.3. The van der Waals surface area contributed by atoms with Crippen molar-refractivity contribution in [3.8, 4) is 10.4 Å². The van der Waals surface area contributed by atoms with Crippen molar-refractivity contribution in [1.29, 1.82) is 0 Å². The molecule has 0 aliphatic heterocycles. The SMILES string of the molecule is CCNS(=O)(=O)c1cc(Nc2ccnn2C(C)C)ccc1-c1cnc(C2CCC(NC(=O)OC(C)C)CC2)s1. The number of rotatable bonds is 10. The van der Waals surface area contributed by atoms with Gasteiger partial charge in [-0.3, -0.25) is 0 Å². The van der Waals surface area contributed by atoms with E-state index >= 15 is 0 Å². The molecule has 0 saturated heterocycles. The van der Waals surface area contributed by atoms with Crippen LogP contribution < -0.4 is 15.4 Å². The lowest BCUT2D eigenvalue weighted by Crippen LogP contribution is -2.38. The van der Waals surface area contributed by atoms with Gasteiger partial charge in [-0.2, -0.15) is 5.10 Å². The molecule has 0 atom stereocenters. The Morgan fingerprint density at radius 1 is 1.15 bits per heavy atom. The largest absolute Gasteiger partial charge is 0.447 e. The van der Waals surface area contributed by atoms with Crippen LogP contribution in [-0.4, -0.2) is 48.0 Å². The molecule has 1 aliphatic rings. The predicted octanol–water partition coefficient (Wildman–Crippen LogP) is 5.79. The molecule has 1 aromatic carbocycles. The van der Waals surface area contributed by atoms with Crippen LogP contribution in [-0.2, 0) is 14.8 Å². The van der Waals surface area contributed by atoms with Gasteiger partial charge in [0.25, 0.3) is 0 Å². The number of aromatic nitrogens is 3. The maximum Gasteiger partial charge on any atom is 0.407 e. The monoisotopic (exact) mass is 574 g/mol. The Hall–Kier alpha value is -2.96. The number of benzene rings is 1. The Balaban J connectivity index is 1.54. The van der Waals surface area contributed by atoms with Gasteiger partial charge in [-0.05, 0) is 65.5 Å². The molecule has 1 aliphatic carbocycles. The quantitative estimate of drug-likeness (QED) is 0.280. The lowest BCUT2D eigenvalue weighted by molar-refractivity contribution is 0.109. The minimum atomic E-state index is -3.75. The zero-order valence-corrected chi connectivity index (χ0v) is 24.7. The van der Waals surface area contributed by atoms with Crippen molar-refractivity contribution in [2.24, 2.45) is 0 Å². The molecule has 1 saturated carbocycles. The van der Waals surface area contributed by atoms with Crippen LogP contribution in [0.25, 0.3) is 10.4 Å². The summed E-state index contributed by atoms with van der Waals surface area (Å²) < 4.78 is 36.2. The first kappa shape index (κ1) is 29.0. The lowest BCUT2D eigenvalue weighted by Gasteiger charge is -2.28. The van der Waals surface area contributed by atoms with Gasteiger partial charge in [0, 0.05) is 48.1 Å². The smallest absolute Gasteiger partial charge is 0.407 e. The molecular formula is C27H38N6O4S2. The van der Waals surface area contributed by atoms with Gasteiger partial charge in [0.1, 0.15) is 5.82 Å². The first-order chi connectivity index (χ1) is 18.6. The second-order valence-corrected chi connectivity index (χ2v) is 13.1. The number of hydrogen-bond acceptors (Lipinski definition) is 8. The number of ether oxygens (including phenoxy) is 1. The van der Waals surface area contributed by atoms with Crippen molar-refractivity contribution < 1.29 is 17.9 Å². The van der Waals surface area contributed by atoms with Gasteiger partial charge < -0.3 is 15.4 Å². The normalized spacial score (nSPS) is 17.9. The van der Waals surface area contributed by atoms with Gasteiger partial charge in [0.2, 0.25) is 10.0 Å². The summed E-state index contributed by atoms with van der Waals surface area (Å²) in [6, 6.07) is 7.49. The molecule has 2 heterocycles. The van der Waals surface area contributed by atoms with Crippen LogP contribution in [0.1, 0.15) is 77.3 Å². The summed E-state index contributed by atoms with van der Waals surface area (Å²) in [7, 11) is -3.75. The van der Waals surface area contributed by atoms with Gasteiger partial charge in [0.05, 0.1) is 27.1 Å². The molecule has 1 amide bonds. The summed E-state index contributed by atoms with van der Waals surface area (Å²) in [5.74, 6) is 1.06. The minimum absolute atomic E-state index is 0.0934. The van der Waals surface area contributed by atoms with E-state index in [2.05, 4.69) is 25.4 Å². The van der Waals surface area contributed by atoms with Crippen molar-refractivity contribution >= 4 is 39.0 Å². The average molecular weight is 575 g/mol. The highest BCUT2D eigenvalue weighted by Gasteiger charge is 2.27. The molecular weight excluding hydrogens is 536 g/mol. The van der Waals surface area contributed by atoms with Crippen LogP contribution in [0.15, 0.2) is 41.6 Å². The topological polar surface area (TPSA) is 127 Å². The van der Waals surface area contributed by atoms with Gasteiger partial charge in [-0.1, -0.05) is 13.0 Å². The first-order valence-electron chi connectivity index (χ1n) is 13.4. The highest BCUT2D eigenvalue weighted by atomic mass is 32.2. The molecule has 3 aromatic rings. The summed E-state index contributed by atoms with van der Waals surface area (Å²) in [4.78, 5) is 17.6. The fraction of sp³-hybridized carbons (Fsp3) is 0.519. The van der Waals surface area contributed by atoms with E-state index in [-0.39, 0.29) is 41.6 Å². The molecule has 39 heavy (non-hydrogen) atoms. The molecule has 0 radical (unpaired) electrons. The van der Waals surface area contributed by atoms with Crippen LogP contribution in [0, 0.1) is 0 Å². The molecule has 1 fully saturated rings. The van der Waals surface area contributed by atoms with E-state index in [4.69, 9.17) is 4.74 Å². The van der Waals surface area contributed by atoms with E-state index in [0.717, 1.165) is 41.4 Å². The van der Waals surface area contributed by atoms with Crippen molar-refractivity contribution in [2.45, 2.75) is 89.3 Å². The van der Waals surface area contributed by atoms with E-state index < -0.39 is 10.0 Å². The fourth-order valence-electron chi connectivity index (χ4n) is 4.77. The molecule has 0 spiro atoms. The Morgan fingerprint density at radius 3 is 2.56 bits per heavy atom. The summed E-state index contributed by atoms with van der Waals surface area (Å²) >= 11 is 1.53. The van der Waals surface area contributed by atoms with Crippen LogP contribution in [0.4, 0.5) is 16.3 Å². The number of alkyl carbamates (subject to hydrolysis) is 1. The fourth-order valence-corrected chi connectivity index (χ4v) is 7.24. The van der Waals surface area contributed by atoms with E-state index in [1.807, 2.05) is 50.6 Å². The molecule has 3 N–H and O–H groups in total. The van der Waals surface area contributed by atoms with Crippen molar-refractivity contribution in [2.75, 3.05) is 11.9 Å². The molecule has 2 aromatic heterocycles. The third-order valence-electron chi connectivity index (χ3n) is 6.57. The Kier molecular flexibility index (Phi) is 9.29. The maximum absolute atomic E-state index is 13.2.